The molecule has 25 heavy (non-hydrogen) atoms. The van der Waals surface area contributed by atoms with Crippen molar-refractivity contribution in [2.24, 2.45) is 0 Å². The molecule has 4 heteroatoms. The number of methoxy groups -OCH3 is 1. The van der Waals surface area contributed by atoms with Gasteiger partial charge in [-0.15, -0.1) is 0 Å². The smallest absolute Gasteiger partial charge is 0.251 e. The lowest BCUT2D eigenvalue weighted by molar-refractivity contribution is 0.0937. The molecule has 0 unspecified atom stereocenters. The molecular weight excluding hydrogens is 312 g/mol. The van der Waals surface area contributed by atoms with E-state index in [4.69, 9.17) is 4.74 Å². The fourth-order valence-electron chi connectivity index (χ4n) is 3.13. The molecule has 0 aliphatic carbocycles. The number of rotatable bonds is 6. The average Bonchev–Trinajstić information content (AvgIpc) is 2.87. The molecule has 0 atom stereocenters. The van der Waals surface area contributed by atoms with E-state index in [2.05, 4.69) is 48.0 Å². The van der Waals surface area contributed by atoms with Crippen LogP contribution in [0.4, 0.5) is 0 Å². The molecule has 0 fully saturated rings. The predicted octanol–water partition coefficient (Wildman–Crippen LogP) is 3.68. The van der Waals surface area contributed by atoms with Crippen LogP contribution in [0, 0.1) is 13.8 Å². The number of benzene rings is 2. The van der Waals surface area contributed by atoms with Crippen molar-refractivity contribution < 1.29 is 9.53 Å². The van der Waals surface area contributed by atoms with Gasteiger partial charge in [0.25, 0.3) is 5.91 Å². The number of aryl methyl sites for hydroxylation is 1. The van der Waals surface area contributed by atoms with Crippen LogP contribution in [0.25, 0.3) is 10.9 Å². The maximum atomic E-state index is 12.3. The summed E-state index contributed by atoms with van der Waals surface area (Å²) in [6.07, 6.45) is 0. The van der Waals surface area contributed by atoms with Crippen LogP contribution in [0.3, 0.4) is 0 Å². The highest BCUT2D eigenvalue weighted by Gasteiger charge is 2.14. The van der Waals surface area contributed by atoms with Gasteiger partial charge in [-0.2, -0.15) is 0 Å². The van der Waals surface area contributed by atoms with Gasteiger partial charge in [-0.1, -0.05) is 30.3 Å². The first-order valence-electron chi connectivity index (χ1n) is 8.52. The molecule has 4 nitrogen and oxygen atoms in total. The van der Waals surface area contributed by atoms with Gasteiger partial charge in [0.15, 0.2) is 0 Å². The van der Waals surface area contributed by atoms with Gasteiger partial charge in [-0.3, -0.25) is 4.79 Å². The molecule has 1 aromatic heterocycles. The summed E-state index contributed by atoms with van der Waals surface area (Å²) >= 11 is 0. The van der Waals surface area contributed by atoms with Crippen molar-refractivity contribution in [3.8, 4) is 0 Å². The molecular formula is C21H24N2O2. The first-order valence-corrected chi connectivity index (χ1v) is 8.52. The van der Waals surface area contributed by atoms with Crippen LogP contribution >= 0.6 is 0 Å². The zero-order chi connectivity index (χ0) is 17.8. The van der Waals surface area contributed by atoms with Gasteiger partial charge in [0, 0.05) is 42.4 Å². The van der Waals surface area contributed by atoms with Gasteiger partial charge >= 0.3 is 0 Å². The van der Waals surface area contributed by atoms with E-state index >= 15 is 0 Å². The summed E-state index contributed by atoms with van der Waals surface area (Å²) in [5.74, 6) is -0.0631. The van der Waals surface area contributed by atoms with Crippen LogP contribution in [0.1, 0.15) is 27.2 Å². The summed E-state index contributed by atoms with van der Waals surface area (Å²) in [5, 5.41) is 4.01. The fraction of sp³-hybridized carbons (Fsp3) is 0.286. The average molecular weight is 336 g/mol. The number of hydrogen-bond acceptors (Lipinski definition) is 2. The Bertz CT molecular complexity index is 882. The van der Waals surface area contributed by atoms with Crippen LogP contribution in [-0.2, 0) is 11.3 Å². The zero-order valence-electron chi connectivity index (χ0n) is 15.0. The molecule has 0 saturated carbocycles. The third kappa shape index (κ3) is 3.59. The third-order valence-electron chi connectivity index (χ3n) is 4.68. The standard InChI is InChI=1S/C21H24N2O2/c1-15-16(2)23(14-17-7-5-4-6-8-17)20-10-9-18(13-19(15)20)21(24)22-11-12-25-3/h4-10,13H,11-12,14H2,1-3H3,(H,22,24). The number of fused-ring (bicyclic) bond motifs is 1. The van der Waals surface area contributed by atoms with Crippen LogP contribution in [0.15, 0.2) is 48.5 Å². The molecule has 0 aliphatic heterocycles. The van der Waals surface area contributed by atoms with Crippen LogP contribution < -0.4 is 5.32 Å². The van der Waals surface area contributed by atoms with Gasteiger partial charge in [0.05, 0.1) is 6.61 Å². The molecule has 1 N–H and O–H groups in total. The fourth-order valence-corrected chi connectivity index (χ4v) is 3.13. The molecule has 0 bridgehead atoms. The molecule has 0 aliphatic rings. The number of nitrogens with zero attached hydrogens (tertiary/aromatic N) is 1. The van der Waals surface area contributed by atoms with Gasteiger partial charge in [-0.25, -0.2) is 0 Å². The second kappa shape index (κ2) is 7.53. The van der Waals surface area contributed by atoms with Crippen molar-refractivity contribution in [2.75, 3.05) is 20.3 Å². The summed E-state index contributed by atoms with van der Waals surface area (Å²) in [7, 11) is 1.62. The Labute approximate surface area is 148 Å². The second-order valence-electron chi connectivity index (χ2n) is 6.26. The van der Waals surface area contributed by atoms with Crippen molar-refractivity contribution in [1.29, 1.82) is 0 Å². The molecule has 0 radical (unpaired) electrons. The third-order valence-corrected chi connectivity index (χ3v) is 4.68. The lowest BCUT2D eigenvalue weighted by Gasteiger charge is -2.09. The lowest BCUT2D eigenvalue weighted by atomic mass is 10.1. The number of hydrogen-bond donors (Lipinski definition) is 1. The second-order valence-corrected chi connectivity index (χ2v) is 6.26. The Morgan fingerprint density at radius 1 is 1.12 bits per heavy atom. The highest BCUT2D eigenvalue weighted by atomic mass is 16.5. The number of carbonyl (C=O) groups excluding carboxylic acids is 1. The Hall–Kier alpha value is -2.59. The number of nitrogens with one attached hydrogen (secondary N) is 1. The van der Waals surface area contributed by atoms with E-state index in [-0.39, 0.29) is 5.91 Å². The highest BCUT2D eigenvalue weighted by Crippen LogP contribution is 2.27. The quantitative estimate of drug-likeness (QED) is 0.698. The van der Waals surface area contributed by atoms with Crippen molar-refractivity contribution in [3.05, 3.63) is 70.9 Å². The van der Waals surface area contributed by atoms with Gasteiger partial charge in [0.1, 0.15) is 0 Å². The summed E-state index contributed by atoms with van der Waals surface area (Å²) in [6.45, 7) is 6.11. The van der Waals surface area contributed by atoms with Crippen molar-refractivity contribution >= 4 is 16.8 Å². The Kier molecular flexibility index (Phi) is 5.19. The zero-order valence-corrected chi connectivity index (χ0v) is 15.0. The Morgan fingerprint density at radius 2 is 1.88 bits per heavy atom. The topological polar surface area (TPSA) is 43.3 Å². The highest BCUT2D eigenvalue weighted by molar-refractivity contribution is 5.99. The maximum absolute atomic E-state index is 12.3. The van der Waals surface area contributed by atoms with Crippen molar-refractivity contribution in [2.45, 2.75) is 20.4 Å². The Morgan fingerprint density at radius 3 is 2.60 bits per heavy atom. The van der Waals surface area contributed by atoms with Crippen molar-refractivity contribution in [1.82, 2.24) is 9.88 Å². The van der Waals surface area contributed by atoms with Gasteiger partial charge < -0.3 is 14.6 Å². The maximum Gasteiger partial charge on any atom is 0.251 e. The van der Waals surface area contributed by atoms with E-state index in [1.165, 1.54) is 16.8 Å². The van der Waals surface area contributed by atoms with E-state index in [0.29, 0.717) is 18.7 Å². The van der Waals surface area contributed by atoms with Crippen LogP contribution in [-0.4, -0.2) is 30.7 Å². The van der Waals surface area contributed by atoms with Gasteiger partial charge in [-0.05, 0) is 43.2 Å². The minimum Gasteiger partial charge on any atom is -0.383 e. The predicted molar refractivity (Wildman–Crippen MR) is 101 cm³/mol. The molecule has 2 aromatic carbocycles. The largest absolute Gasteiger partial charge is 0.383 e. The minimum absolute atomic E-state index is 0.0631. The van der Waals surface area contributed by atoms with E-state index in [1.54, 1.807) is 7.11 Å². The van der Waals surface area contributed by atoms with Gasteiger partial charge in [0.2, 0.25) is 0 Å². The van der Waals surface area contributed by atoms with Crippen LogP contribution in [0.5, 0.6) is 0 Å². The molecule has 0 spiro atoms. The summed E-state index contributed by atoms with van der Waals surface area (Å²) in [5.41, 5.74) is 5.56. The minimum atomic E-state index is -0.0631. The van der Waals surface area contributed by atoms with Crippen molar-refractivity contribution in [3.63, 3.8) is 0 Å². The summed E-state index contributed by atoms with van der Waals surface area (Å²) in [6, 6.07) is 16.4. The molecule has 130 valence electrons. The molecule has 0 saturated heterocycles. The van der Waals surface area contributed by atoms with Crippen LogP contribution in [0.2, 0.25) is 0 Å². The van der Waals surface area contributed by atoms with E-state index in [9.17, 15) is 4.79 Å². The lowest BCUT2D eigenvalue weighted by Crippen LogP contribution is -2.26. The normalized spacial score (nSPS) is 11.0. The van der Waals surface area contributed by atoms with E-state index < -0.39 is 0 Å². The molecule has 1 amide bonds. The number of carbonyl (C=O) groups is 1. The SMILES string of the molecule is COCCNC(=O)c1ccc2c(c1)c(C)c(C)n2Cc1ccccc1. The summed E-state index contributed by atoms with van der Waals surface area (Å²) < 4.78 is 7.29. The van der Waals surface area contributed by atoms with E-state index in [1.807, 2.05) is 24.3 Å². The first kappa shape index (κ1) is 17.2. The Balaban J connectivity index is 1.93. The number of amides is 1. The molecule has 3 aromatic rings. The first-order chi connectivity index (χ1) is 12.1. The summed E-state index contributed by atoms with van der Waals surface area (Å²) in [4.78, 5) is 12.3. The number of ether oxygens (including phenoxy) is 1. The molecule has 3 rings (SSSR count). The molecule has 1 heterocycles. The number of aromatic nitrogens is 1. The van der Waals surface area contributed by atoms with E-state index in [0.717, 1.165) is 17.4 Å². The monoisotopic (exact) mass is 336 g/mol.